The average molecular weight is 383 g/mol. The Hall–Kier alpha value is -1.94. The number of nitrogens with one attached hydrogen (secondary N) is 1. The fraction of sp³-hybridized carbons (Fsp3) is 0.583. The second-order valence-corrected chi connectivity index (χ2v) is 8.54. The highest BCUT2D eigenvalue weighted by atomic mass is 16.2. The number of Topliss-reactive ketones (excluding diaryl/α,β-unsaturated/α-hetero) is 1. The SMILES string of the molecule is CC(C)=CCN1CCC(NC(=O)CCC(=O)c2ccc3c(c2)CCCC3)CC1. The Balaban J connectivity index is 1.40. The first kappa shape index (κ1) is 20.8. The third-order valence-electron chi connectivity index (χ3n) is 5.96. The molecule has 1 aliphatic carbocycles. The fourth-order valence-corrected chi connectivity index (χ4v) is 4.15. The van der Waals surface area contributed by atoms with E-state index < -0.39 is 0 Å². The van der Waals surface area contributed by atoms with Crippen molar-refractivity contribution < 1.29 is 9.59 Å². The molecule has 0 atom stereocenters. The third kappa shape index (κ3) is 6.03. The topological polar surface area (TPSA) is 49.4 Å². The molecular formula is C24H34N2O2. The minimum atomic E-state index is 0.00839. The van der Waals surface area contributed by atoms with Crippen LogP contribution in [0.2, 0.25) is 0 Å². The van der Waals surface area contributed by atoms with Gasteiger partial charge in [0.1, 0.15) is 0 Å². The van der Waals surface area contributed by atoms with E-state index in [0.717, 1.165) is 50.9 Å². The zero-order chi connectivity index (χ0) is 19.9. The van der Waals surface area contributed by atoms with E-state index in [1.54, 1.807) is 0 Å². The molecule has 3 rings (SSSR count). The summed E-state index contributed by atoms with van der Waals surface area (Å²) < 4.78 is 0. The van der Waals surface area contributed by atoms with Crippen LogP contribution in [0, 0.1) is 0 Å². The molecule has 28 heavy (non-hydrogen) atoms. The molecule has 0 radical (unpaired) electrons. The molecule has 1 fully saturated rings. The summed E-state index contributed by atoms with van der Waals surface area (Å²) in [7, 11) is 0. The predicted molar refractivity (Wildman–Crippen MR) is 114 cm³/mol. The monoisotopic (exact) mass is 382 g/mol. The van der Waals surface area contributed by atoms with Gasteiger partial charge in [0.2, 0.25) is 5.91 Å². The highest BCUT2D eigenvalue weighted by Crippen LogP contribution is 2.23. The number of carbonyl (C=O) groups excluding carboxylic acids is 2. The van der Waals surface area contributed by atoms with E-state index in [1.807, 2.05) is 6.07 Å². The highest BCUT2D eigenvalue weighted by molar-refractivity contribution is 5.98. The van der Waals surface area contributed by atoms with Crippen LogP contribution in [0.25, 0.3) is 0 Å². The Morgan fingerprint density at radius 3 is 2.50 bits per heavy atom. The number of fused-ring (bicyclic) bond motifs is 1. The lowest BCUT2D eigenvalue weighted by Gasteiger charge is -2.31. The van der Waals surface area contributed by atoms with Crippen LogP contribution < -0.4 is 5.32 Å². The number of carbonyl (C=O) groups is 2. The Labute approximate surface area is 169 Å². The molecule has 1 amide bonds. The van der Waals surface area contributed by atoms with Gasteiger partial charge in [-0.15, -0.1) is 0 Å². The molecular weight excluding hydrogens is 348 g/mol. The quantitative estimate of drug-likeness (QED) is 0.571. The zero-order valence-electron chi connectivity index (χ0n) is 17.4. The number of hydrogen-bond acceptors (Lipinski definition) is 3. The molecule has 1 saturated heterocycles. The molecule has 1 aromatic rings. The van der Waals surface area contributed by atoms with Gasteiger partial charge in [-0.25, -0.2) is 0 Å². The molecule has 2 aliphatic rings. The molecule has 0 saturated carbocycles. The molecule has 0 bridgehead atoms. The molecule has 4 heteroatoms. The first-order valence-electron chi connectivity index (χ1n) is 10.8. The summed E-state index contributed by atoms with van der Waals surface area (Å²) in [5, 5.41) is 3.13. The van der Waals surface area contributed by atoms with Crippen molar-refractivity contribution in [3.63, 3.8) is 0 Å². The van der Waals surface area contributed by atoms with E-state index in [2.05, 4.69) is 42.3 Å². The Kier molecular flexibility index (Phi) is 7.43. The number of allylic oxidation sites excluding steroid dienone is 1. The average Bonchev–Trinajstić information content (AvgIpc) is 2.71. The second kappa shape index (κ2) is 10.0. The summed E-state index contributed by atoms with van der Waals surface area (Å²) in [5.41, 5.74) is 4.82. The van der Waals surface area contributed by atoms with Crippen LogP contribution in [-0.4, -0.2) is 42.3 Å². The Morgan fingerprint density at radius 1 is 1.07 bits per heavy atom. The van der Waals surface area contributed by atoms with Crippen molar-refractivity contribution in [3.05, 3.63) is 46.5 Å². The first-order valence-corrected chi connectivity index (χ1v) is 10.8. The zero-order valence-corrected chi connectivity index (χ0v) is 17.4. The molecule has 0 aromatic heterocycles. The molecule has 1 aliphatic heterocycles. The number of hydrogen-bond donors (Lipinski definition) is 1. The third-order valence-corrected chi connectivity index (χ3v) is 5.96. The van der Waals surface area contributed by atoms with Crippen molar-refractivity contribution in [1.29, 1.82) is 0 Å². The van der Waals surface area contributed by atoms with Crippen LogP contribution >= 0.6 is 0 Å². The molecule has 4 nitrogen and oxygen atoms in total. The Morgan fingerprint density at radius 2 is 1.79 bits per heavy atom. The molecule has 0 spiro atoms. The van der Waals surface area contributed by atoms with E-state index in [-0.39, 0.29) is 24.2 Å². The lowest BCUT2D eigenvalue weighted by Crippen LogP contribution is -2.44. The van der Waals surface area contributed by atoms with Gasteiger partial charge in [0.15, 0.2) is 5.78 Å². The standard InChI is InChI=1S/C24H34N2O2/c1-18(2)11-14-26-15-12-22(13-16-26)25-24(28)10-9-23(27)21-8-7-19-5-3-4-6-20(19)17-21/h7-8,11,17,22H,3-6,9-10,12-16H2,1-2H3,(H,25,28). The number of rotatable bonds is 7. The van der Waals surface area contributed by atoms with Crippen molar-refractivity contribution >= 4 is 11.7 Å². The van der Waals surface area contributed by atoms with E-state index in [1.165, 1.54) is 29.5 Å². The number of piperidine rings is 1. The van der Waals surface area contributed by atoms with Gasteiger partial charge < -0.3 is 5.32 Å². The summed E-state index contributed by atoms with van der Waals surface area (Å²) >= 11 is 0. The number of benzene rings is 1. The van der Waals surface area contributed by atoms with Crippen molar-refractivity contribution in [2.45, 2.75) is 71.3 Å². The predicted octanol–water partition coefficient (Wildman–Crippen LogP) is 4.08. The van der Waals surface area contributed by atoms with Gasteiger partial charge in [0, 0.05) is 44.1 Å². The van der Waals surface area contributed by atoms with Gasteiger partial charge >= 0.3 is 0 Å². The summed E-state index contributed by atoms with van der Waals surface area (Å²) in [6, 6.07) is 6.34. The van der Waals surface area contributed by atoms with Crippen molar-refractivity contribution in [2.75, 3.05) is 19.6 Å². The number of ketones is 1. The smallest absolute Gasteiger partial charge is 0.220 e. The van der Waals surface area contributed by atoms with Gasteiger partial charge in [-0.1, -0.05) is 23.8 Å². The van der Waals surface area contributed by atoms with Crippen LogP contribution in [0.4, 0.5) is 0 Å². The van der Waals surface area contributed by atoms with E-state index in [0.29, 0.717) is 6.42 Å². The minimum absolute atomic E-state index is 0.00839. The first-order chi connectivity index (χ1) is 13.5. The molecule has 152 valence electrons. The van der Waals surface area contributed by atoms with Crippen LogP contribution in [-0.2, 0) is 17.6 Å². The van der Waals surface area contributed by atoms with E-state index in [4.69, 9.17) is 0 Å². The van der Waals surface area contributed by atoms with Gasteiger partial charge in [-0.2, -0.15) is 0 Å². The van der Waals surface area contributed by atoms with Crippen LogP contribution in [0.3, 0.4) is 0 Å². The fourth-order valence-electron chi connectivity index (χ4n) is 4.15. The van der Waals surface area contributed by atoms with Crippen LogP contribution in [0.1, 0.15) is 73.9 Å². The number of nitrogens with zero attached hydrogens (tertiary/aromatic N) is 1. The number of aryl methyl sites for hydroxylation is 2. The maximum Gasteiger partial charge on any atom is 0.220 e. The van der Waals surface area contributed by atoms with Crippen LogP contribution in [0.5, 0.6) is 0 Å². The lowest BCUT2D eigenvalue weighted by molar-refractivity contribution is -0.122. The second-order valence-electron chi connectivity index (χ2n) is 8.54. The van der Waals surface area contributed by atoms with Gasteiger partial charge in [0.25, 0.3) is 0 Å². The molecule has 1 heterocycles. The van der Waals surface area contributed by atoms with E-state index in [9.17, 15) is 9.59 Å². The normalized spacial score (nSPS) is 17.6. The maximum atomic E-state index is 12.5. The summed E-state index contributed by atoms with van der Waals surface area (Å²) in [6.45, 7) is 7.28. The Bertz CT molecular complexity index is 726. The number of likely N-dealkylation sites (tertiary alicyclic amines) is 1. The van der Waals surface area contributed by atoms with Crippen molar-refractivity contribution in [3.8, 4) is 0 Å². The largest absolute Gasteiger partial charge is 0.353 e. The molecule has 1 aromatic carbocycles. The number of amides is 1. The summed E-state index contributed by atoms with van der Waals surface area (Å²) in [6.07, 6.45) is 9.46. The minimum Gasteiger partial charge on any atom is -0.353 e. The van der Waals surface area contributed by atoms with Gasteiger partial charge in [-0.05, 0) is 69.6 Å². The maximum absolute atomic E-state index is 12.5. The van der Waals surface area contributed by atoms with E-state index >= 15 is 0 Å². The lowest BCUT2D eigenvalue weighted by atomic mass is 9.89. The summed E-state index contributed by atoms with van der Waals surface area (Å²) in [4.78, 5) is 27.2. The van der Waals surface area contributed by atoms with Crippen molar-refractivity contribution in [2.24, 2.45) is 0 Å². The highest BCUT2D eigenvalue weighted by Gasteiger charge is 2.20. The molecule has 1 N–H and O–H groups in total. The van der Waals surface area contributed by atoms with Crippen LogP contribution in [0.15, 0.2) is 29.8 Å². The molecule has 0 unspecified atom stereocenters. The van der Waals surface area contributed by atoms with Gasteiger partial charge in [-0.3, -0.25) is 14.5 Å². The van der Waals surface area contributed by atoms with Gasteiger partial charge in [0.05, 0.1) is 0 Å². The summed E-state index contributed by atoms with van der Waals surface area (Å²) in [5.74, 6) is 0.0918. The van der Waals surface area contributed by atoms with Crippen molar-refractivity contribution in [1.82, 2.24) is 10.2 Å².